The molecule has 0 unspecified atom stereocenters. The van der Waals surface area contributed by atoms with Gasteiger partial charge in [0.25, 0.3) is 5.13 Å². The molecule has 116 valence electrons. The highest BCUT2D eigenvalue weighted by molar-refractivity contribution is 7.93. The first-order chi connectivity index (χ1) is 10.6. The highest BCUT2D eigenvalue weighted by Gasteiger charge is 2.06. The fraction of sp³-hybridized carbons (Fsp3) is 0.182. The lowest BCUT2D eigenvalue weighted by molar-refractivity contribution is -0.114. The molecule has 0 aliphatic rings. The summed E-state index contributed by atoms with van der Waals surface area (Å²) < 4.78 is 4.65. The molecule has 9 nitrogen and oxygen atoms in total. The molecule has 2 N–H and O–H groups in total. The number of phenols is 1. The Morgan fingerprint density at radius 1 is 1.41 bits per heavy atom. The van der Waals surface area contributed by atoms with Crippen molar-refractivity contribution in [3.63, 3.8) is 0 Å². The monoisotopic (exact) mass is 341 g/mol. The van der Waals surface area contributed by atoms with Gasteiger partial charge in [-0.1, -0.05) is 5.10 Å². The molecule has 0 aliphatic heterocycles. The summed E-state index contributed by atoms with van der Waals surface area (Å²) in [7, 11) is 0. The van der Waals surface area contributed by atoms with Crippen LogP contribution in [0.2, 0.25) is 0 Å². The first kappa shape index (κ1) is 16.1. The van der Waals surface area contributed by atoms with E-state index in [0.717, 1.165) is 23.4 Å². The second kappa shape index (κ2) is 7.68. The highest BCUT2D eigenvalue weighted by Crippen LogP contribution is 2.31. The van der Waals surface area contributed by atoms with Gasteiger partial charge in [-0.15, -0.1) is 19.7 Å². The average molecular weight is 341 g/mol. The van der Waals surface area contributed by atoms with Crippen LogP contribution >= 0.6 is 23.4 Å². The van der Waals surface area contributed by atoms with Gasteiger partial charge in [0.15, 0.2) is 0 Å². The summed E-state index contributed by atoms with van der Waals surface area (Å²) in [6.07, 6.45) is 1.69. The largest absolute Gasteiger partial charge is 0.506 e. The van der Waals surface area contributed by atoms with Crippen molar-refractivity contribution in [3.8, 4) is 10.9 Å². The van der Waals surface area contributed by atoms with Crippen molar-refractivity contribution in [2.24, 2.45) is 10.2 Å². The van der Waals surface area contributed by atoms with Crippen LogP contribution in [0.5, 0.6) is 10.9 Å². The summed E-state index contributed by atoms with van der Waals surface area (Å²) in [5.41, 5.74) is 0.679. The van der Waals surface area contributed by atoms with Gasteiger partial charge in [0.1, 0.15) is 5.75 Å². The summed E-state index contributed by atoms with van der Waals surface area (Å²) in [5.74, 6) is -0.362. The molecule has 11 heteroatoms. The fourth-order valence-corrected chi connectivity index (χ4v) is 1.96. The lowest BCUT2D eigenvalue weighted by Crippen LogP contribution is -2.05. The number of phenolic OH excluding ortho intramolecular Hbond substituents is 1. The minimum Gasteiger partial charge on any atom is -0.506 e. The number of azo groups is 1. The van der Waals surface area contributed by atoms with Crippen LogP contribution in [0.25, 0.3) is 0 Å². The fourth-order valence-electron chi connectivity index (χ4n) is 1.32. The normalized spacial score (nSPS) is 10.8. The minimum atomic E-state index is -0.302. The average Bonchev–Trinajstić information content (AvgIpc) is 2.93. The van der Waals surface area contributed by atoms with Gasteiger partial charge >= 0.3 is 5.19 Å². The van der Waals surface area contributed by atoms with Crippen molar-refractivity contribution in [1.82, 2.24) is 10.2 Å². The number of hydrogen-bond donors (Lipinski definition) is 2. The van der Waals surface area contributed by atoms with Crippen molar-refractivity contribution in [3.05, 3.63) is 18.2 Å². The topological polar surface area (TPSA) is 118 Å². The zero-order valence-corrected chi connectivity index (χ0v) is 13.1. The molecule has 1 aromatic carbocycles. The Labute approximate surface area is 133 Å². The number of aromatic nitrogens is 2. The second-order valence-electron chi connectivity index (χ2n) is 3.75. The summed E-state index contributed by atoms with van der Waals surface area (Å²) in [5, 5.41) is 27.9. The summed E-state index contributed by atoms with van der Waals surface area (Å²) in [6.45, 7) is 1.34. The molecule has 2 rings (SSSR count). The smallest absolute Gasteiger partial charge is 0.336 e. The first-order valence-corrected chi connectivity index (χ1v) is 7.78. The molecule has 0 bridgehead atoms. The van der Waals surface area contributed by atoms with E-state index in [1.54, 1.807) is 12.3 Å². The van der Waals surface area contributed by atoms with Gasteiger partial charge in [0.2, 0.25) is 5.91 Å². The van der Waals surface area contributed by atoms with Gasteiger partial charge in [0.05, 0.1) is 11.4 Å². The van der Waals surface area contributed by atoms with Crippen molar-refractivity contribution < 1.29 is 19.1 Å². The van der Waals surface area contributed by atoms with E-state index in [1.165, 1.54) is 19.1 Å². The Hall–Kier alpha value is -2.24. The van der Waals surface area contributed by atoms with Crippen LogP contribution in [-0.2, 0) is 9.13 Å². The standard InChI is InChI=1S/C11H11N5O4S2/c1-6(17)12-8-5-7(3-4-9(8)18)13-14-10-15-16-11(22-10)19-20-21-2/h3-5,18H,1-2H3,(H,12,17). The predicted molar refractivity (Wildman–Crippen MR) is 81.7 cm³/mol. The molecule has 0 fully saturated rings. The Morgan fingerprint density at radius 3 is 2.95 bits per heavy atom. The van der Waals surface area contributed by atoms with E-state index in [-0.39, 0.29) is 27.7 Å². The summed E-state index contributed by atoms with van der Waals surface area (Å²) in [4.78, 5) is 15.8. The van der Waals surface area contributed by atoms with Gasteiger partial charge in [0, 0.05) is 25.2 Å². The third-order valence-electron chi connectivity index (χ3n) is 2.11. The maximum atomic E-state index is 11.0. The van der Waals surface area contributed by atoms with Crippen molar-refractivity contribution in [1.29, 1.82) is 0 Å². The third-order valence-corrected chi connectivity index (χ3v) is 2.99. The zero-order chi connectivity index (χ0) is 15.9. The van der Waals surface area contributed by atoms with E-state index in [9.17, 15) is 9.90 Å². The summed E-state index contributed by atoms with van der Waals surface area (Å²) in [6, 6.07) is 4.43. The molecule has 1 heterocycles. The molecule has 0 radical (unpaired) electrons. The summed E-state index contributed by atoms with van der Waals surface area (Å²) >= 11 is 2.08. The maximum absolute atomic E-state index is 11.0. The first-order valence-electron chi connectivity index (χ1n) is 5.81. The van der Waals surface area contributed by atoms with Gasteiger partial charge in [-0.3, -0.25) is 9.68 Å². The Kier molecular flexibility index (Phi) is 5.63. The van der Waals surface area contributed by atoms with Gasteiger partial charge < -0.3 is 10.4 Å². The molecule has 0 saturated carbocycles. The number of nitrogens with zero attached hydrogens (tertiary/aromatic N) is 4. The molecule has 0 spiro atoms. The SMILES string of the molecule is CSOOc1nnc(N=Nc2ccc(O)c(NC(C)=O)c2)s1. The van der Waals surface area contributed by atoms with Crippen molar-refractivity contribution in [2.45, 2.75) is 6.92 Å². The van der Waals surface area contributed by atoms with E-state index >= 15 is 0 Å². The molecule has 1 amide bonds. The van der Waals surface area contributed by atoms with E-state index in [1.807, 2.05) is 0 Å². The van der Waals surface area contributed by atoms with Crippen LogP contribution in [0.4, 0.5) is 16.5 Å². The van der Waals surface area contributed by atoms with E-state index in [4.69, 9.17) is 4.89 Å². The quantitative estimate of drug-likeness (QED) is 0.272. The Bertz CT molecular complexity index is 691. The number of rotatable bonds is 6. The number of nitrogens with one attached hydrogen (secondary N) is 1. The molecular formula is C11H11N5O4S2. The molecule has 0 atom stereocenters. The van der Waals surface area contributed by atoms with Crippen LogP contribution in [0.3, 0.4) is 0 Å². The van der Waals surface area contributed by atoms with Gasteiger partial charge in [-0.25, -0.2) is 0 Å². The second-order valence-corrected chi connectivity index (χ2v) is 5.14. The molecule has 1 aromatic heterocycles. The zero-order valence-electron chi connectivity index (χ0n) is 11.5. The van der Waals surface area contributed by atoms with Gasteiger partial charge in [-0.2, -0.15) is 0 Å². The van der Waals surface area contributed by atoms with Gasteiger partial charge in [-0.05, 0) is 29.5 Å². The van der Waals surface area contributed by atoms with Crippen LogP contribution < -0.4 is 10.2 Å². The van der Waals surface area contributed by atoms with E-state index in [0.29, 0.717) is 5.69 Å². The maximum Gasteiger partial charge on any atom is 0.336 e. The Balaban J connectivity index is 2.09. The minimum absolute atomic E-state index is 0.0602. The highest BCUT2D eigenvalue weighted by atomic mass is 32.2. The van der Waals surface area contributed by atoms with Crippen molar-refractivity contribution in [2.75, 3.05) is 11.6 Å². The number of hydrogen-bond acceptors (Lipinski definition) is 10. The molecule has 2 aromatic rings. The number of anilines is 1. The van der Waals surface area contributed by atoms with Crippen LogP contribution in [0.1, 0.15) is 6.92 Å². The molecule has 0 aliphatic carbocycles. The van der Waals surface area contributed by atoms with Crippen LogP contribution in [-0.4, -0.2) is 27.5 Å². The van der Waals surface area contributed by atoms with Crippen LogP contribution in [0, 0.1) is 0 Å². The number of carbonyl (C=O) groups is 1. The Morgan fingerprint density at radius 2 is 2.23 bits per heavy atom. The van der Waals surface area contributed by atoms with Crippen molar-refractivity contribution >= 4 is 45.8 Å². The lowest BCUT2D eigenvalue weighted by Gasteiger charge is -2.04. The van der Waals surface area contributed by atoms with E-state index < -0.39 is 0 Å². The molecular weight excluding hydrogens is 330 g/mol. The predicted octanol–water partition coefficient (Wildman–Crippen LogP) is 3.21. The third kappa shape index (κ3) is 4.65. The van der Waals surface area contributed by atoms with E-state index in [2.05, 4.69) is 30.1 Å². The molecule has 22 heavy (non-hydrogen) atoms. The molecule has 0 saturated heterocycles. The van der Waals surface area contributed by atoms with Crippen LogP contribution in [0.15, 0.2) is 28.4 Å². The lowest BCUT2D eigenvalue weighted by atomic mass is 10.2. The number of aromatic hydroxyl groups is 1. The number of benzene rings is 1. The number of carbonyl (C=O) groups excluding carboxylic acids is 1. The number of amides is 1.